The molecule has 0 saturated carbocycles. The molecule has 2 heterocycles. The highest BCUT2D eigenvalue weighted by Gasteiger charge is 2.23. The molecule has 0 amide bonds. The maximum atomic E-state index is 8.85. The average Bonchev–Trinajstić information content (AvgIpc) is 3.66. The second-order valence-corrected chi connectivity index (χ2v) is 11.9. The van der Waals surface area contributed by atoms with Crippen LogP contribution in [0.25, 0.3) is 60.9 Å². The quantitative estimate of drug-likeness (QED) is 0.153. The van der Waals surface area contributed by atoms with Crippen LogP contribution in [0.3, 0.4) is 0 Å². The van der Waals surface area contributed by atoms with Crippen LogP contribution in [-0.2, 0) is 0 Å². The first-order valence-electron chi connectivity index (χ1n) is 14.8. The van der Waals surface area contributed by atoms with Gasteiger partial charge in [-0.05, 0) is 35.9 Å². The van der Waals surface area contributed by atoms with Crippen molar-refractivity contribution in [3.05, 3.63) is 163 Å². The zero-order chi connectivity index (χ0) is 30.3. The van der Waals surface area contributed by atoms with Crippen LogP contribution in [0, 0.1) is 10.8 Å². The lowest BCUT2D eigenvalue weighted by atomic mass is 9.98. The van der Waals surface area contributed by atoms with Crippen LogP contribution < -0.4 is 0 Å². The van der Waals surface area contributed by atoms with E-state index in [-0.39, 0.29) is 0 Å². The van der Waals surface area contributed by atoms with E-state index in [4.69, 9.17) is 15.2 Å². The zero-order valence-electron chi connectivity index (χ0n) is 24.2. The van der Waals surface area contributed by atoms with Crippen LogP contribution in [-0.4, -0.2) is 14.7 Å². The topological polar surface area (TPSA) is 65.8 Å². The highest BCUT2D eigenvalue weighted by molar-refractivity contribution is 8.27. The molecular formula is C40H27N3OS. The number of aromatic nitrogens is 1. The SMILES string of the molecule is N=C(SC(=N)c1cccc(-n2c3ccccc3c3c4oc(-c5ccccc5)c(-c5ccccc5)c4ccc32)c1)c1ccccc1. The summed E-state index contributed by atoms with van der Waals surface area (Å²) < 4.78 is 9.13. The summed E-state index contributed by atoms with van der Waals surface area (Å²) in [5.41, 5.74) is 8.71. The molecule has 0 aliphatic carbocycles. The third kappa shape index (κ3) is 4.65. The summed E-state index contributed by atoms with van der Waals surface area (Å²) in [6.45, 7) is 0. The van der Waals surface area contributed by atoms with Crippen molar-refractivity contribution in [3.63, 3.8) is 0 Å². The van der Waals surface area contributed by atoms with Gasteiger partial charge in [-0.2, -0.15) is 0 Å². The Morgan fingerprint density at radius 3 is 1.91 bits per heavy atom. The van der Waals surface area contributed by atoms with E-state index in [0.717, 1.165) is 83.8 Å². The van der Waals surface area contributed by atoms with E-state index < -0.39 is 0 Å². The van der Waals surface area contributed by atoms with Crippen LogP contribution in [0.4, 0.5) is 0 Å². The number of benzene rings is 6. The Hall–Kier alpha value is -5.65. The van der Waals surface area contributed by atoms with Crippen LogP contribution in [0.2, 0.25) is 0 Å². The number of fused-ring (bicyclic) bond motifs is 5. The molecule has 8 rings (SSSR count). The summed E-state index contributed by atoms with van der Waals surface area (Å²) in [6, 6.07) is 51.2. The van der Waals surface area contributed by atoms with Crippen molar-refractivity contribution < 1.29 is 4.42 Å². The van der Waals surface area contributed by atoms with Crippen molar-refractivity contribution in [2.24, 2.45) is 0 Å². The van der Waals surface area contributed by atoms with Crippen molar-refractivity contribution in [3.8, 4) is 28.1 Å². The van der Waals surface area contributed by atoms with Crippen molar-refractivity contribution >= 4 is 54.6 Å². The molecule has 2 N–H and O–H groups in total. The Bertz CT molecular complexity index is 2370. The minimum atomic E-state index is 0.333. The fourth-order valence-electron chi connectivity index (χ4n) is 6.17. The average molecular weight is 598 g/mol. The lowest BCUT2D eigenvalue weighted by molar-refractivity contribution is 0.636. The Labute approximate surface area is 264 Å². The van der Waals surface area contributed by atoms with Gasteiger partial charge >= 0.3 is 0 Å². The number of hydrogen-bond donors (Lipinski definition) is 2. The fourth-order valence-corrected chi connectivity index (χ4v) is 6.87. The molecular weight excluding hydrogens is 571 g/mol. The molecule has 5 heteroatoms. The summed E-state index contributed by atoms with van der Waals surface area (Å²) in [6.07, 6.45) is 0. The van der Waals surface area contributed by atoms with Crippen molar-refractivity contribution in [1.82, 2.24) is 4.57 Å². The van der Waals surface area contributed by atoms with Crippen LogP contribution >= 0.6 is 11.8 Å². The third-order valence-corrected chi connectivity index (χ3v) is 9.08. The lowest BCUT2D eigenvalue weighted by Crippen LogP contribution is -2.02. The second-order valence-electron chi connectivity index (χ2n) is 10.9. The molecule has 0 spiro atoms. The number of para-hydroxylation sites is 1. The van der Waals surface area contributed by atoms with Crippen molar-refractivity contribution in [2.45, 2.75) is 0 Å². The lowest BCUT2D eigenvalue weighted by Gasteiger charge is -2.11. The molecule has 45 heavy (non-hydrogen) atoms. The van der Waals surface area contributed by atoms with Crippen molar-refractivity contribution in [2.75, 3.05) is 0 Å². The molecule has 0 bridgehead atoms. The van der Waals surface area contributed by atoms with Crippen molar-refractivity contribution in [1.29, 1.82) is 10.8 Å². The van der Waals surface area contributed by atoms with Gasteiger partial charge in [0.25, 0.3) is 0 Å². The van der Waals surface area contributed by atoms with Gasteiger partial charge < -0.3 is 8.98 Å². The number of thioether (sulfide) groups is 1. The van der Waals surface area contributed by atoms with E-state index in [2.05, 4.69) is 83.4 Å². The monoisotopic (exact) mass is 597 g/mol. The molecule has 6 aromatic carbocycles. The second kappa shape index (κ2) is 11.1. The minimum Gasteiger partial charge on any atom is -0.455 e. The van der Waals surface area contributed by atoms with Gasteiger partial charge in [-0.1, -0.05) is 133 Å². The van der Waals surface area contributed by atoms with Gasteiger partial charge in [-0.3, -0.25) is 10.8 Å². The Kier molecular flexibility index (Phi) is 6.66. The number of rotatable bonds is 5. The van der Waals surface area contributed by atoms with Crippen LogP contribution in [0.1, 0.15) is 11.1 Å². The summed E-state index contributed by atoms with van der Waals surface area (Å²) in [7, 11) is 0. The van der Waals surface area contributed by atoms with E-state index in [1.165, 1.54) is 0 Å². The van der Waals surface area contributed by atoms with E-state index in [1.807, 2.05) is 72.8 Å². The first-order valence-corrected chi connectivity index (χ1v) is 15.6. The standard InChI is InChI=1S/C40H27N3OS/c41-39(28-17-8-3-9-18-28)45-40(42)29-19-12-20-30(25-29)43-33-22-11-10-21-31(33)36-34(43)24-23-32-35(26-13-4-1-5-14-26)37(44-38(32)36)27-15-6-2-7-16-27/h1-25,41-42H. The first-order chi connectivity index (χ1) is 22.2. The highest BCUT2D eigenvalue weighted by atomic mass is 32.2. The number of nitrogens with zero attached hydrogens (tertiary/aromatic N) is 1. The molecule has 214 valence electrons. The Morgan fingerprint density at radius 1 is 0.533 bits per heavy atom. The predicted octanol–water partition coefficient (Wildman–Crippen LogP) is 10.9. The smallest absolute Gasteiger partial charge is 0.145 e. The van der Waals surface area contributed by atoms with Crippen LogP contribution in [0.5, 0.6) is 0 Å². The molecule has 0 radical (unpaired) electrons. The third-order valence-electron chi connectivity index (χ3n) is 8.20. The fraction of sp³-hybridized carbons (Fsp3) is 0. The van der Waals surface area contributed by atoms with E-state index >= 15 is 0 Å². The normalized spacial score (nSPS) is 11.4. The molecule has 2 aromatic heterocycles. The van der Waals surface area contributed by atoms with Gasteiger partial charge in [0.1, 0.15) is 21.4 Å². The van der Waals surface area contributed by atoms with E-state index in [0.29, 0.717) is 10.1 Å². The minimum absolute atomic E-state index is 0.333. The summed E-state index contributed by atoms with van der Waals surface area (Å²) in [5.74, 6) is 0.856. The number of nitrogens with one attached hydrogen (secondary N) is 2. The summed E-state index contributed by atoms with van der Waals surface area (Å²) in [5, 5.41) is 21.3. The number of furan rings is 1. The molecule has 0 saturated heterocycles. The maximum absolute atomic E-state index is 8.85. The molecule has 8 aromatic rings. The van der Waals surface area contributed by atoms with Gasteiger partial charge in [0.05, 0.1) is 16.4 Å². The highest BCUT2D eigenvalue weighted by Crippen LogP contribution is 2.46. The molecule has 0 aliphatic rings. The molecule has 4 nitrogen and oxygen atoms in total. The summed E-state index contributed by atoms with van der Waals surface area (Å²) >= 11 is 1.16. The Morgan fingerprint density at radius 2 is 1.16 bits per heavy atom. The zero-order valence-corrected chi connectivity index (χ0v) is 25.0. The van der Waals surface area contributed by atoms with Gasteiger partial charge in [0.15, 0.2) is 0 Å². The Balaban J connectivity index is 1.32. The number of hydrogen-bond acceptors (Lipinski definition) is 4. The maximum Gasteiger partial charge on any atom is 0.145 e. The molecule has 0 atom stereocenters. The predicted molar refractivity (Wildman–Crippen MR) is 189 cm³/mol. The molecule has 0 aliphatic heterocycles. The van der Waals surface area contributed by atoms with Gasteiger partial charge in [-0.15, -0.1) is 0 Å². The molecule has 0 fully saturated rings. The molecule has 0 unspecified atom stereocenters. The van der Waals surface area contributed by atoms with Gasteiger partial charge in [-0.25, -0.2) is 0 Å². The van der Waals surface area contributed by atoms with Crippen LogP contribution in [0.15, 0.2) is 156 Å². The van der Waals surface area contributed by atoms with Gasteiger partial charge in [0.2, 0.25) is 0 Å². The van der Waals surface area contributed by atoms with Gasteiger partial charge in [0, 0.05) is 38.7 Å². The van der Waals surface area contributed by atoms with E-state index in [9.17, 15) is 0 Å². The van der Waals surface area contributed by atoms with E-state index in [1.54, 1.807) is 0 Å². The summed E-state index contributed by atoms with van der Waals surface area (Å²) in [4.78, 5) is 0. The first kappa shape index (κ1) is 26.9. The largest absolute Gasteiger partial charge is 0.455 e.